The molecule has 130 valence electrons. The Morgan fingerprint density at radius 1 is 1.04 bits per heavy atom. The number of fused-ring (bicyclic) bond motifs is 1. The van der Waals surface area contributed by atoms with Gasteiger partial charge in [-0.1, -0.05) is 24.3 Å². The van der Waals surface area contributed by atoms with E-state index in [0.29, 0.717) is 30.3 Å². The summed E-state index contributed by atoms with van der Waals surface area (Å²) in [4.78, 5) is 24.0. The topological polar surface area (TPSA) is 76.7 Å². The number of nitrogens with one attached hydrogen (secondary N) is 2. The fourth-order valence-corrected chi connectivity index (χ4v) is 2.56. The smallest absolute Gasteiger partial charge is 0.251 e. The number of hydrogen-bond donors (Lipinski definition) is 2. The summed E-state index contributed by atoms with van der Waals surface area (Å²) in [5.74, 6) is 0.861. The largest absolute Gasteiger partial charge is 0.486 e. The van der Waals surface area contributed by atoms with E-state index < -0.39 is 0 Å². The molecule has 2 amide bonds. The molecular weight excluding hydrogens is 320 g/mol. The highest BCUT2D eigenvalue weighted by Gasteiger charge is 2.16. The van der Waals surface area contributed by atoms with Crippen LogP contribution in [0.5, 0.6) is 11.5 Å². The monoisotopic (exact) mass is 340 g/mol. The molecule has 0 saturated carbocycles. The molecule has 25 heavy (non-hydrogen) atoms. The quantitative estimate of drug-likeness (QED) is 0.873. The third-order valence-electron chi connectivity index (χ3n) is 3.89. The normalized spacial score (nSPS) is 13.6. The third kappa shape index (κ3) is 4.29. The third-order valence-corrected chi connectivity index (χ3v) is 3.89. The van der Waals surface area contributed by atoms with Gasteiger partial charge in [-0.05, 0) is 36.8 Å². The van der Waals surface area contributed by atoms with Crippen molar-refractivity contribution in [2.75, 3.05) is 19.8 Å². The van der Waals surface area contributed by atoms with Crippen molar-refractivity contribution in [3.8, 4) is 11.5 Å². The van der Waals surface area contributed by atoms with Crippen molar-refractivity contribution in [2.24, 2.45) is 0 Å². The van der Waals surface area contributed by atoms with Gasteiger partial charge >= 0.3 is 0 Å². The number of benzene rings is 2. The fourth-order valence-electron chi connectivity index (χ4n) is 2.56. The lowest BCUT2D eigenvalue weighted by molar-refractivity contribution is -0.120. The van der Waals surface area contributed by atoms with Crippen molar-refractivity contribution in [3.05, 3.63) is 59.7 Å². The lowest BCUT2D eigenvalue weighted by Gasteiger charge is -2.21. The van der Waals surface area contributed by atoms with Crippen LogP contribution in [0.1, 0.15) is 28.9 Å². The summed E-state index contributed by atoms with van der Waals surface area (Å²) in [6.45, 7) is 2.85. The average molecular weight is 340 g/mol. The lowest BCUT2D eigenvalue weighted by Crippen LogP contribution is -2.38. The number of rotatable bonds is 5. The van der Waals surface area contributed by atoms with Gasteiger partial charge in [-0.2, -0.15) is 0 Å². The van der Waals surface area contributed by atoms with Crippen LogP contribution < -0.4 is 20.1 Å². The van der Waals surface area contributed by atoms with Gasteiger partial charge in [-0.3, -0.25) is 9.59 Å². The van der Waals surface area contributed by atoms with Crippen LogP contribution in [0.15, 0.2) is 48.5 Å². The molecule has 1 aliphatic rings. The molecule has 2 N–H and O–H groups in total. The summed E-state index contributed by atoms with van der Waals surface area (Å²) >= 11 is 0. The van der Waals surface area contributed by atoms with Gasteiger partial charge in [0, 0.05) is 5.56 Å². The first-order chi connectivity index (χ1) is 12.1. The minimum atomic E-state index is -0.275. The van der Waals surface area contributed by atoms with E-state index in [9.17, 15) is 9.59 Å². The average Bonchev–Trinajstić information content (AvgIpc) is 2.66. The molecule has 1 atom stereocenters. The number of amides is 2. The summed E-state index contributed by atoms with van der Waals surface area (Å²) in [5.41, 5.74) is 1.43. The van der Waals surface area contributed by atoms with Gasteiger partial charge in [0.15, 0.2) is 11.5 Å². The van der Waals surface area contributed by atoms with Crippen LogP contribution in [0.4, 0.5) is 0 Å². The Balaban J connectivity index is 1.53. The maximum atomic E-state index is 12.1. The number of carbonyl (C=O) groups excluding carboxylic acids is 2. The van der Waals surface area contributed by atoms with E-state index in [1.54, 1.807) is 24.3 Å². The zero-order valence-corrected chi connectivity index (χ0v) is 14.0. The van der Waals surface area contributed by atoms with E-state index in [2.05, 4.69) is 10.6 Å². The SMILES string of the molecule is C[C@H](NC(=O)CNC(=O)c1ccccc1)c1ccc2c(c1)OCCO2. The molecule has 2 aromatic rings. The number of hydrogen-bond acceptors (Lipinski definition) is 4. The van der Waals surface area contributed by atoms with E-state index in [-0.39, 0.29) is 24.4 Å². The van der Waals surface area contributed by atoms with Crippen molar-refractivity contribution >= 4 is 11.8 Å². The van der Waals surface area contributed by atoms with Crippen molar-refractivity contribution < 1.29 is 19.1 Å². The van der Waals surface area contributed by atoms with Gasteiger partial charge in [-0.25, -0.2) is 0 Å². The zero-order chi connectivity index (χ0) is 17.6. The van der Waals surface area contributed by atoms with E-state index in [1.807, 2.05) is 31.2 Å². The standard InChI is InChI=1S/C19H20N2O4/c1-13(15-7-8-16-17(11-15)25-10-9-24-16)21-18(22)12-20-19(23)14-5-3-2-4-6-14/h2-8,11,13H,9-10,12H2,1H3,(H,20,23)(H,21,22)/t13-/m0/s1. The Morgan fingerprint density at radius 3 is 2.52 bits per heavy atom. The van der Waals surface area contributed by atoms with Gasteiger partial charge in [0.1, 0.15) is 13.2 Å². The predicted octanol–water partition coefficient (Wildman–Crippen LogP) is 2.06. The van der Waals surface area contributed by atoms with E-state index in [1.165, 1.54) is 0 Å². The molecule has 6 nitrogen and oxygen atoms in total. The van der Waals surface area contributed by atoms with Crippen molar-refractivity contribution in [3.63, 3.8) is 0 Å². The second kappa shape index (κ2) is 7.70. The Hall–Kier alpha value is -3.02. The van der Waals surface area contributed by atoms with Gasteiger partial charge in [0.25, 0.3) is 5.91 Å². The minimum Gasteiger partial charge on any atom is -0.486 e. The highest BCUT2D eigenvalue weighted by atomic mass is 16.6. The van der Waals surface area contributed by atoms with Crippen LogP contribution in [0.25, 0.3) is 0 Å². The molecule has 0 radical (unpaired) electrons. The molecule has 1 aliphatic heterocycles. The van der Waals surface area contributed by atoms with Crippen LogP contribution in [0.3, 0.4) is 0 Å². The van der Waals surface area contributed by atoms with Crippen molar-refractivity contribution in [2.45, 2.75) is 13.0 Å². The molecule has 3 rings (SSSR count). The van der Waals surface area contributed by atoms with E-state index >= 15 is 0 Å². The van der Waals surface area contributed by atoms with Crippen LogP contribution >= 0.6 is 0 Å². The summed E-state index contributed by atoms with van der Waals surface area (Å²) in [7, 11) is 0. The number of carbonyl (C=O) groups is 2. The molecule has 0 fully saturated rings. The van der Waals surface area contributed by atoms with Crippen LogP contribution in [-0.2, 0) is 4.79 Å². The molecule has 0 bridgehead atoms. The first-order valence-corrected chi connectivity index (χ1v) is 8.15. The molecule has 0 saturated heterocycles. The molecule has 0 unspecified atom stereocenters. The summed E-state index contributed by atoms with van der Waals surface area (Å²) in [6, 6.07) is 14.2. The first kappa shape index (κ1) is 16.8. The molecule has 6 heteroatoms. The second-order valence-electron chi connectivity index (χ2n) is 5.74. The van der Waals surface area contributed by atoms with Crippen LogP contribution in [0, 0.1) is 0 Å². The summed E-state index contributed by atoms with van der Waals surface area (Å²) < 4.78 is 11.0. The van der Waals surface area contributed by atoms with Gasteiger partial charge in [-0.15, -0.1) is 0 Å². The van der Waals surface area contributed by atoms with Crippen LogP contribution in [0.2, 0.25) is 0 Å². The first-order valence-electron chi connectivity index (χ1n) is 8.15. The Bertz CT molecular complexity index is 761. The van der Waals surface area contributed by atoms with Gasteiger partial charge in [0.2, 0.25) is 5.91 Å². The van der Waals surface area contributed by atoms with Crippen LogP contribution in [-0.4, -0.2) is 31.6 Å². The molecule has 0 aliphatic carbocycles. The molecule has 0 aromatic heterocycles. The summed E-state index contributed by atoms with van der Waals surface area (Å²) in [6.07, 6.45) is 0. The zero-order valence-electron chi connectivity index (χ0n) is 14.0. The maximum absolute atomic E-state index is 12.1. The highest BCUT2D eigenvalue weighted by molar-refractivity contribution is 5.96. The minimum absolute atomic E-state index is 0.0807. The Morgan fingerprint density at radius 2 is 1.76 bits per heavy atom. The van der Waals surface area contributed by atoms with Crippen molar-refractivity contribution in [1.82, 2.24) is 10.6 Å². The van der Waals surface area contributed by atoms with Crippen molar-refractivity contribution in [1.29, 1.82) is 0 Å². The molecule has 0 spiro atoms. The van der Waals surface area contributed by atoms with E-state index in [4.69, 9.17) is 9.47 Å². The molecule has 1 heterocycles. The summed E-state index contributed by atoms with van der Waals surface area (Å²) in [5, 5.41) is 5.47. The van der Waals surface area contributed by atoms with E-state index in [0.717, 1.165) is 5.56 Å². The lowest BCUT2D eigenvalue weighted by atomic mass is 10.1. The maximum Gasteiger partial charge on any atom is 0.251 e. The molecule has 2 aromatic carbocycles. The Kier molecular flexibility index (Phi) is 5.18. The van der Waals surface area contributed by atoms with Gasteiger partial charge < -0.3 is 20.1 Å². The second-order valence-corrected chi connectivity index (χ2v) is 5.74. The number of ether oxygens (including phenoxy) is 2. The predicted molar refractivity (Wildman–Crippen MR) is 92.8 cm³/mol. The highest BCUT2D eigenvalue weighted by Crippen LogP contribution is 2.32. The Labute approximate surface area is 146 Å². The molecular formula is C19H20N2O4. The fraction of sp³-hybridized carbons (Fsp3) is 0.263. The van der Waals surface area contributed by atoms with Gasteiger partial charge in [0.05, 0.1) is 12.6 Å².